The van der Waals surface area contributed by atoms with Crippen LogP contribution < -0.4 is 5.32 Å². The van der Waals surface area contributed by atoms with Gasteiger partial charge in [-0.3, -0.25) is 9.59 Å². The minimum atomic E-state index is -0.592. The third kappa shape index (κ3) is 3.57. The molecule has 25 heavy (non-hydrogen) atoms. The predicted molar refractivity (Wildman–Crippen MR) is 93.9 cm³/mol. The summed E-state index contributed by atoms with van der Waals surface area (Å²) in [5, 5.41) is 2.65. The number of carbonyl (C=O) groups is 2. The fourth-order valence-corrected chi connectivity index (χ4v) is 3.98. The number of hydrogen-bond acceptors (Lipinski definition) is 4. The van der Waals surface area contributed by atoms with Crippen molar-refractivity contribution in [3.8, 4) is 0 Å². The molecule has 4 rings (SSSR count). The quantitative estimate of drug-likeness (QED) is 0.663. The smallest absolute Gasteiger partial charge is 0.313 e. The maximum absolute atomic E-state index is 12.6. The molecular weight excluding hydrogens is 316 g/mol. The van der Waals surface area contributed by atoms with E-state index in [0.29, 0.717) is 24.7 Å². The van der Waals surface area contributed by atoms with Crippen molar-refractivity contribution in [3.63, 3.8) is 0 Å². The van der Waals surface area contributed by atoms with E-state index >= 15 is 0 Å². The maximum atomic E-state index is 12.6. The van der Waals surface area contributed by atoms with Gasteiger partial charge in [-0.2, -0.15) is 0 Å². The van der Waals surface area contributed by atoms with Gasteiger partial charge in [0.1, 0.15) is 5.82 Å². The van der Waals surface area contributed by atoms with Crippen LogP contribution in [0.1, 0.15) is 56.7 Å². The molecule has 0 bridgehead atoms. The van der Waals surface area contributed by atoms with Gasteiger partial charge in [-0.1, -0.05) is 12.2 Å². The van der Waals surface area contributed by atoms with Crippen LogP contribution in [0.25, 0.3) is 0 Å². The second-order valence-corrected chi connectivity index (χ2v) is 7.60. The van der Waals surface area contributed by atoms with E-state index in [4.69, 9.17) is 0 Å². The molecule has 132 valence electrons. The Bertz CT molecular complexity index is 696. The molecule has 1 aromatic heterocycles. The second-order valence-electron chi connectivity index (χ2n) is 7.60. The average Bonchev–Trinajstić information content (AvgIpc) is 3.47. The number of nitrogens with one attached hydrogen (secondary N) is 1. The minimum absolute atomic E-state index is 0.165. The Morgan fingerprint density at radius 3 is 2.64 bits per heavy atom. The van der Waals surface area contributed by atoms with Gasteiger partial charge in [-0.15, -0.1) is 0 Å². The van der Waals surface area contributed by atoms with E-state index in [9.17, 15) is 9.59 Å². The van der Waals surface area contributed by atoms with Gasteiger partial charge >= 0.3 is 11.8 Å². The molecule has 1 spiro atoms. The van der Waals surface area contributed by atoms with Crippen molar-refractivity contribution in [2.24, 2.45) is 5.41 Å². The van der Waals surface area contributed by atoms with Crippen LogP contribution in [-0.2, 0) is 9.59 Å². The van der Waals surface area contributed by atoms with Crippen LogP contribution in [0.15, 0.2) is 24.5 Å². The lowest BCUT2D eigenvalue weighted by Crippen LogP contribution is -2.49. The number of rotatable bonds is 2. The minimum Gasteiger partial charge on any atom is -0.334 e. The SMILES string of the molecule is O=C(Nc1cnc(C2CC2)nc1)C(=O)N1CCC[C@@]2(CC=CCC2)C1. The summed E-state index contributed by atoms with van der Waals surface area (Å²) in [7, 11) is 0. The van der Waals surface area contributed by atoms with Gasteiger partial charge in [-0.05, 0) is 50.4 Å². The lowest BCUT2D eigenvalue weighted by Gasteiger charge is -2.43. The fraction of sp³-hybridized carbons (Fsp3) is 0.579. The normalized spacial score (nSPS) is 25.8. The molecule has 0 unspecified atom stereocenters. The standard InChI is InChI=1S/C19H24N4O2/c24-17(22-15-11-20-16(21-12-15)14-5-6-14)18(25)23-10-4-9-19(13-23)7-2-1-3-8-19/h1-2,11-12,14H,3-10,13H2,(H,22,24)/t19-/m0/s1. The summed E-state index contributed by atoms with van der Waals surface area (Å²) in [6.45, 7) is 1.34. The van der Waals surface area contributed by atoms with Crippen molar-refractivity contribution >= 4 is 17.5 Å². The number of amides is 2. The van der Waals surface area contributed by atoms with Crippen LogP contribution in [0.3, 0.4) is 0 Å². The molecule has 3 aliphatic rings. The molecule has 1 aliphatic heterocycles. The maximum Gasteiger partial charge on any atom is 0.313 e. The van der Waals surface area contributed by atoms with Gasteiger partial charge in [0, 0.05) is 19.0 Å². The Kier molecular flexibility index (Phi) is 4.27. The van der Waals surface area contributed by atoms with E-state index in [1.165, 1.54) is 0 Å². The van der Waals surface area contributed by atoms with Crippen molar-refractivity contribution in [1.29, 1.82) is 0 Å². The molecule has 0 aromatic carbocycles. The van der Waals surface area contributed by atoms with Crippen molar-refractivity contribution in [1.82, 2.24) is 14.9 Å². The number of hydrogen-bond donors (Lipinski definition) is 1. The monoisotopic (exact) mass is 340 g/mol. The topological polar surface area (TPSA) is 75.2 Å². The molecule has 1 aromatic rings. The highest BCUT2D eigenvalue weighted by Crippen LogP contribution is 2.41. The molecular formula is C19H24N4O2. The molecule has 2 fully saturated rings. The number of likely N-dealkylation sites (tertiary alicyclic amines) is 1. The summed E-state index contributed by atoms with van der Waals surface area (Å²) in [6, 6.07) is 0. The molecule has 2 heterocycles. The van der Waals surface area contributed by atoms with Gasteiger partial charge in [0.25, 0.3) is 0 Å². The van der Waals surface area contributed by atoms with Crippen LogP contribution in [0.4, 0.5) is 5.69 Å². The summed E-state index contributed by atoms with van der Waals surface area (Å²) in [4.78, 5) is 35.2. The molecule has 2 aliphatic carbocycles. The lowest BCUT2D eigenvalue weighted by atomic mass is 9.71. The van der Waals surface area contributed by atoms with E-state index in [-0.39, 0.29) is 5.41 Å². The zero-order valence-electron chi connectivity index (χ0n) is 14.4. The number of carbonyl (C=O) groups excluding carboxylic acids is 2. The third-order valence-electron chi connectivity index (χ3n) is 5.57. The van der Waals surface area contributed by atoms with Gasteiger partial charge in [0.15, 0.2) is 0 Å². The molecule has 6 nitrogen and oxygen atoms in total. The Balaban J connectivity index is 1.37. The molecule has 1 N–H and O–H groups in total. The fourth-order valence-electron chi connectivity index (χ4n) is 3.98. The summed E-state index contributed by atoms with van der Waals surface area (Å²) >= 11 is 0. The Hall–Kier alpha value is -2.24. The summed E-state index contributed by atoms with van der Waals surface area (Å²) < 4.78 is 0. The van der Waals surface area contributed by atoms with Crippen LogP contribution in [0.5, 0.6) is 0 Å². The summed E-state index contributed by atoms with van der Waals surface area (Å²) in [6.07, 6.45) is 15.2. The zero-order chi connectivity index (χ0) is 17.3. The Labute approximate surface area is 147 Å². The summed E-state index contributed by atoms with van der Waals surface area (Å²) in [5.74, 6) is 0.263. The first-order valence-corrected chi connectivity index (χ1v) is 9.22. The predicted octanol–water partition coefficient (Wildman–Crippen LogP) is 2.64. The molecule has 1 atom stereocenters. The van der Waals surface area contributed by atoms with Crippen molar-refractivity contribution in [2.45, 2.75) is 50.9 Å². The van der Waals surface area contributed by atoms with Gasteiger partial charge < -0.3 is 10.2 Å². The van der Waals surface area contributed by atoms with E-state index in [2.05, 4.69) is 27.4 Å². The molecule has 2 amide bonds. The van der Waals surface area contributed by atoms with Gasteiger partial charge in [0.2, 0.25) is 0 Å². The highest BCUT2D eigenvalue weighted by atomic mass is 16.2. The van der Waals surface area contributed by atoms with E-state index < -0.39 is 11.8 Å². The van der Waals surface area contributed by atoms with Gasteiger partial charge in [-0.25, -0.2) is 9.97 Å². The Morgan fingerprint density at radius 1 is 1.16 bits per heavy atom. The number of aromatic nitrogens is 2. The van der Waals surface area contributed by atoms with E-state index in [1.54, 1.807) is 17.3 Å². The Morgan fingerprint density at radius 2 is 1.96 bits per heavy atom. The van der Waals surface area contributed by atoms with E-state index in [0.717, 1.165) is 50.8 Å². The number of nitrogens with zero attached hydrogens (tertiary/aromatic N) is 3. The van der Waals surface area contributed by atoms with Gasteiger partial charge in [0.05, 0.1) is 18.1 Å². The molecule has 6 heteroatoms. The highest BCUT2D eigenvalue weighted by molar-refractivity contribution is 6.39. The number of anilines is 1. The lowest BCUT2D eigenvalue weighted by molar-refractivity contribution is -0.145. The largest absolute Gasteiger partial charge is 0.334 e. The van der Waals surface area contributed by atoms with E-state index in [1.807, 2.05) is 0 Å². The number of allylic oxidation sites excluding steroid dienone is 2. The average molecular weight is 340 g/mol. The van der Waals surface area contributed by atoms with Crippen molar-refractivity contribution < 1.29 is 9.59 Å². The zero-order valence-corrected chi connectivity index (χ0v) is 14.4. The third-order valence-corrected chi connectivity index (χ3v) is 5.57. The number of piperidine rings is 1. The van der Waals surface area contributed by atoms with Crippen LogP contribution in [-0.4, -0.2) is 39.8 Å². The summed E-state index contributed by atoms with van der Waals surface area (Å²) in [5.41, 5.74) is 0.646. The van der Waals surface area contributed by atoms with Crippen molar-refractivity contribution in [2.75, 3.05) is 18.4 Å². The van der Waals surface area contributed by atoms with Crippen molar-refractivity contribution in [3.05, 3.63) is 30.4 Å². The molecule has 1 saturated heterocycles. The van der Waals surface area contributed by atoms with Crippen LogP contribution in [0.2, 0.25) is 0 Å². The highest BCUT2D eigenvalue weighted by Gasteiger charge is 2.38. The first kappa shape index (κ1) is 16.2. The van der Waals surface area contributed by atoms with Crippen LogP contribution >= 0.6 is 0 Å². The first-order valence-electron chi connectivity index (χ1n) is 9.22. The molecule has 0 radical (unpaired) electrons. The second kappa shape index (κ2) is 6.58. The first-order chi connectivity index (χ1) is 12.2. The van der Waals surface area contributed by atoms with Crippen LogP contribution in [0, 0.1) is 5.41 Å². The molecule has 1 saturated carbocycles.